The minimum absolute atomic E-state index is 0.591. The Balaban J connectivity index is 2.16. The molecule has 2 rings (SSSR count). The van der Waals surface area contributed by atoms with Crippen LogP contribution in [0.3, 0.4) is 0 Å². The van der Waals surface area contributed by atoms with Crippen LogP contribution in [-0.4, -0.2) is 16.5 Å². The van der Waals surface area contributed by atoms with Gasteiger partial charge >= 0.3 is 0 Å². The molecule has 17 heavy (non-hydrogen) atoms. The smallest absolute Gasteiger partial charge is 0.145 e. The fourth-order valence-corrected chi connectivity index (χ4v) is 1.54. The molecule has 0 unspecified atom stereocenters. The van der Waals surface area contributed by atoms with E-state index in [1.165, 1.54) is 6.33 Å². The summed E-state index contributed by atoms with van der Waals surface area (Å²) in [5, 5.41) is 0. The SMILES string of the molecule is CCN(Cc1ccco1)c1cc(NN)ncn1. The maximum atomic E-state index is 5.32. The largest absolute Gasteiger partial charge is 0.467 e. The molecule has 2 aromatic rings. The van der Waals surface area contributed by atoms with Crippen molar-refractivity contribution >= 4 is 11.6 Å². The first-order chi connectivity index (χ1) is 8.33. The molecule has 0 spiro atoms. The van der Waals surface area contributed by atoms with Gasteiger partial charge < -0.3 is 14.7 Å². The van der Waals surface area contributed by atoms with Crippen molar-refractivity contribution in [2.45, 2.75) is 13.5 Å². The average Bonchev–Trinajstić information content (AvgIpc) is 2.89. The molecule has 0 amide bonds. The molecule has 0 aliphatic heterocycles. The lowest BCUT2D eigenvalue weighted by molar-refractivity contribution is 0.503. The van der Waals surface area contributed by atoms with Crippen LogP contribution in [0.15, 0.2) is 35.2 Å². The number of hydrazine groups is 1. The van der Waals surface area contributed by atoms with Gasteiger partial charge in [-0.05, 0) is 19.1 Å². The molecule has 90 valence electrons. The van der Waals surface area contributed by atoms with Gasteiger partial charge in [0.25, 0.3) is 0 Å². The Bertz CT molecular complexity index is 457. The van der Waals surface area contributed by atoms with Gasteiger partial charge in [0.15, 0.2) is 0 Å². The molecule has 0 bridgehead atoms. The minimum Gasteiger partial charge on any atom is -0.467 e. The number of aromatic nitrogens is 2. The summed E-state index contributed by atoms with van der Waals surface area (Å²) in [6, 6.07) is 5.61. The summed E-state index contributed by atoms with van der Waals surface area (Å²) in [6.45, 7) is 3.55. The number of furan rings is 1. The molecule has 0 aliphatic carbocycles. The fourth-order valence-electron chi connectivity index (χ4n) is 1.54. The number of anilines is 2. The van der Waals surface area contributed by atoms with Crippen molar-refractivity contribution in [3.05, 3.63) is 36.5 Å². The molecule has 0 atom stereocenters. The topological polar surface area (TPSA) is 80.2 Å². The molecular formula is C11H15N5O. The van der Waals surface area contributed by atoms with Crippen molar-refractivity contribution in [1.29, 1.82) is 0 Å². The van der Waals surface area contributed by atoms with Crippen molar-refractivity contribution < 1.29 is 4.42 Å². The van der Waals surface area contributed by atoms with E-state index in [-0.39, 0.29) is 0 Å². The quantitative estimate of drug-likeness (QED) is 0.600. The Morgan fingerprint density at radius 2 is 2.35 bits per heavy atom. The maximum absolute atomic E-state index is 5.32. The van der Waals surface area contributed by atoms with Crippen LogP contribution in [-0.2, 0) is 6.54 Å². The highest BCUT2D eigenvalue weighted by molar-refractivity contribution is 5.47. The normalized spacial score (nSPS) is 10.2. The summed E-state index contributed by atoms with van der Waals surface area (Å²) < 4.78 is 5.32. The predicted octanol–water partition coefficient (Wildman–Crippen LogP) is 1.38. The van der Waals surface area contributed by atoms with Crippen molar-refractivity contribution in [3.8, 4) is 0 Å². The van der Waals surface area contributed by atoms with E-state index in [4.69, 9.17) is 10.3 Å². The molecule has 0 saturated carbocycles. The van der Waals surface area contributed by atoms with Gasteiger partial charge in [0, 0.05) is 12.6 Å². The Labute approximate surface area is 99.4 Å². The van der Waals surface area contributed by atoms with Gasteiger partial charge in [-0.3, -0.25) is 0 Å². The van der Waals surface area contributed by atoms with E-state index in [9.17, 15) is 0 Å². The summed E-state index contributed by atoms with van der Waals surface area (Å²) in [7, 11) is 0. The highest BCUT2D eigenvalue weighted by Gasteiger charge is 2.09. The van der Waals surface area contributed by atoms with Crippen molar-refractivity contribution in [1.82, 2.24) is 9.97 Å². The van der Waals surface area contributed by atoms with E-state index in [1.807, 2.05) is 12.1 Å². The van der Waals surface area contributed by atoms with Gasteiger partial charge in [-0.2, -0.15) is 0 Å². The third kappa shape index (κ3) is 2.73. The number of nitrogens with two attached hydrogens (primary N) is 1. The van der Waals surface area contributed by atoms with Crippen LogP contribution < -0.4 is 16.2 Å². The third-order valence-corrected chi connectivity index (χ3v) is 2.43. The Morgan fingerprint density at radius 3 is 3.00 bits per heavy atom. The highest BCUT2D eigenvalue weighted by Crippen LogP contribution is 2.16. The van der Waals surface area contributed by atoms with E-state index in [0.717, 1.165) is 18.1 Å². The standard InChI is InChI=1S/C11H15N5O/c1-2-16(7-9-4-3-5-17-9)11-6-10(15-12)13-8-14-11/h3-6,8H,2,7,12H2,1H3,(H,13,14,15). The molecule has 0 aromatic carbocycles. The lowest BCUT2D eigenvalue weighted by Crippen LogP contribution is -2.23. The van der Waals surface area contributed by atoms with E-state index in [2.05, 4.69) is 27.2 Å². The lowest BCUT2D eigenvalue weighted by Gasteiger charge is -2.20. The number of nitrogens with one attached hydrogen (secondary N) is 1. The Morgan fingerprint density at radius 1 is 1.47 bits per heavy atom. The minimum atomic E-state index is 0.591. The molecule has 0 aliphatic rings. The average molecular weight is 233 g/mol. The zero-order chi connectivity index (χ0) is 12.1. The summed E-state index contributed by atoms with van der Waals surface area (Å²) in [6.07, 6.45) is 3.14. The molecule has 0 radical (unpaired) electrons. The van der Waals surface area contributed by atoms with Gasteiger partial charge in [0.1, 0.15) is 23.7 Å². The lowest BCUT2D eigenvalue weighted by atomic mass is 10.3. The Hall–Kier alpha value is -2.08. The van der Waals surface area contributed by atoms with Gasteiger partial charge in [-0.25, -0.2) is 15.8 Å². The van der Waals surface area contributed by atoms with Crippen molar-refractivity contribution in [2.24, 2.45) is 5.84 Å². The van der Waals surface area contributed by atoms with Crippen LogP contribution >= 0.6 is 0 Å². The molecule has 6 heteroatoms. The van der Waals surface area contributed by atoms with Gasteiger partial charge in [0.2, 0.25) is 0 Å². The van der Waals surface area contributed by atoms with Crippen LogP contribution in [0.1, 0.15) is 12.7 Å². The summed E-state index contributed by atoms with van der Waals surface area (Å²) in [4.78, 5) is 10.3. The molecular weight excluding hydrogens is 218 g/mol. The van der Waals surface area contributed by atoms with Crippen LogP contribution in [0.25, 0.3) is 0 Å². The van der Waals surface area contributed by atoms with Crippen LogP contribution in [0, 0.1) is 0 Å². The van der Waals surface area contributed by atoms with Gasteiger partial charge in [-0.15, -0.1) is 0 Å². The molecule has 0 saturated heterocycles. The van der Waals surface area contributed by atoms with Crippen molar-refractivity contribution in [3.63, 3.8) is 0 Å². The molecule has 2 heterocycles. The molecule has 3 N–H and O–H groups in total. The molecule has 2 aromatic heterocycles. The van der Waals surface area contributed by atoms with Crippen LogP contribution in [0.2, 0.25) is 0 Å². The zero-order valence-electron chi connectivity index (χ0n) is 9.63. The Kier molecular flexibility index (Phi) is 3.56. The van der Waals surface area contributed by atoms with Crippen LogP contribution in [0.5, 0.6) is 0 Å². The monoisotopic (exact) mass is 233 g/mol. The van der Waals surface area contributed by atoms with E-state index >= 15 is 0 Å². The second-order valence-electron chi connectivity index (χ2n) is 3.50. The molecule has 6 nitrogen and oxygen atoms in total. The van der Waals surface area contributed by atoms with Crippen molar-refractivity contribution in [2.75, 3.05) is 16.9 Å². The van der Waals surface area contributed by atoms with E-state index in [0.29, 0.717) is 12.4 Å². The number of hydrogen-bond donors (Lipinski definition) is 2. The maximum Gasteiger partial charge on any atom is 0.145 e. The van der Waals surface area contributed by atoms with Crippen LogP contribution in [0.4, 0.5) is 11.6 Å². The summed E-state index contributed by atoms with van der Waals surface area (Å²) in [5.74, 6) is 7.62. The predicted molar refractivity (Wildman–Crippen MR) is 65.3 cm³/mol. The van der Waals surface area contributed by atoms with Gasteiger partial charge in [-0.1, -0.05) is 0 Å². The number of nitrogens with zero attached hydrogens (tertiary/aromatic N) is 3. The second kappa shape index (κ2) is 5.31. The van der Waals surface area contributed by atoms with E-state index in [1.54, 1.807) is 12.3 Å². The third-order valence-electron chi connectivity index (χ3n) is 2.43. The second-order valence-corrected chi connectivity index (χ2v) is 3.50. The summed E-state index contributed by atoms with van der Waals surface area (Å²) >= 11 is 0. The first-order valence-corrected chi connectivity index (χ1v) is 5.39. The summed E-state index contributed by atoms with van der Waals surface area (Å²) in [5.41, 5.74) is 2.50. The molecule has 0 fully saturated rings. The fraction of sp³-hybridized carbons (Fsp3) is 0.273. The highest BCUT2D eigenvalue weighted by atomic mass is 16.3. The zero-order valence-corrected chi connectivity index (χ0v) is 9.63. The first kappa shape index (κ1) is 11.4. The van der Waals surface area contributed by atoms with Gasteiger partial charge in [0.05, 0.1) is 12.8 Å². The van der Waals surface area contributed by atoms with E-state index < -0.39 is 0 Å². The number of rotatable bonds is 5. The number of hydrogen-bond acceptors (Lipinski definition) is 6. The number of nitrogen functional groups attached to an aromatic ring is 1. The first-order valence-electron chi connectivity index (χ1n) is 5.39.